The van der Waals surface area contributed by atoms with E-state index in [1.807, 2.05) is 23.3 Å². The highest BCUT2D eigenvalue weighted by Gasteiger charge is 2.47. The molecule has 3 aliphatic rings. The molecule has 2 atom stereocenters. The summed E-state index contributed by atoms with van der Waals surface area (Å²) in [5.74, 6) is 0.416. The van der Waals surface area contributed by atoms with E-state index in [9.17, 15) is 9.59 Å². The fourth-order valence-corrected chi connectivity index (χ4v) is 5.25. The van der Waals surface area contributed by atoms with Crippen molar-refractivity contribution in [2.45, 2.75) is 50.7 Å². The van der Waals surface area contributed by atoms with Crippen LogP contribution < -0.4 is 0 Å². The molecular weight excluding hydrogens is 324 g/mol. The van der Waals surface area contributed by atoms with E-state index in [0.29, 0.717) is 19.6 Å². The molecule has 0 radical (unpaired) electrons. The predicted octanol–water partition coefficient (Wildman–Crippen LogP) is 2.44. The van der Waals surface area contributed by atoms with Gasteiger partial charge in [0, 0.05) is 32.2 Å². The molecule has 6 heteroatoms. The van der Waals surface area contributed by atoms with E-state index in [1.165, 1.54) is 11.3 Å². The van der Waals surface area contributed by atoms with E-state index in [2.05, 4.69) is 4.90 Å². The Balaban J connectivity index is 1.46. The molecule has 1 aromatic rings. The summed E-state index contributed by atoms with van der Waals surface area (Å²) in [6.07, 6.45) is 4.33. The number of rotatable bonds is 2. The van der Waals surface area contributed by atoms with E-state index in [-0.39, 0.29) is 23.5 Å². The minimum Gasteiger partial charge on any atom is -0.373 e. The van der Waals surface area contributed by atoms with Gasteiger partial charge in [-0.1, -0.05) is 0 Å². The Bertz CT molecular complexity index is 658. The molecular formula is C18H24N2O3S. The van der Waals surface area contributed by atoms with Gasteiger partial charge in [0.1, 0.15) is 0 Å². The quantitative estimate of drug-likeness (QED) is 0.825. The molecule has 24 heavy (non-hydrogen) atoms. The fraction of sp³-hybridized carbons (Fsp3) is 0.667. The van der Waals surface area contributed by atoms with Crippen LogP contribution in [-0.4, -0.2) is 59.5 Å². The molecule has 3 aliphatic heterocycles. The van der Waals surface area contributed by atoms with Crippen LogP contribution in [-0.2, 0) is 9.53 Å². The highest BCUT2D eigenvalue weighted by atomic mass is 32.1. The number of hydrogen-bond acceptors (Lipinski definition) is 4. The van der Waals surface area contributed by atoms with Crippen LogP contribution in [0.5, 0.6) is 0 Å². The zero-order valence-corrected chi connectivity index (χ0v) is 14.9. The second-order valence-corrected chi connectivity index (χ2v) is 8.19. The topological polar surface area (TPSA) is 49.9 Å². The monoisotopic (exact) mass is 348 g/mol. The van der Waals surface area contributed by atoms with Crippen molar-refractivity contribution in [2.24, 2.45) is 0 Å². The standard InChI is InChI=1S/C18H24N2O3S/c1-13-5-10-24-16(13)17(22)19-8-6-18(12-19)11-14(4-9-23-18)20-7-2-3-15(20)21/h5,10,14H,2-4,6-9,11-12H2,1H3/t14-,18-/m1/s1. The molecule has 3 fully saturated rings. The minimum absolute atomic E-state index is 0.127. The molecule has 0 unspecified atom stereocenters. The largest absolute Gasteiger partial charge is 0.373 e. The predicted molar refractivity (Wildman–Crippen MR) is 92.2 cm³/mol. The van der Waals surface area contributed by atoms with Gasteiger partial charge < -0.3 is 14.5 Å². The molecule has 0 aromatic carbocycles. The van der Waals surface area contributed by atoms with Crippen molar-refractivity contribution in [1.82, 2.24) is 9.80 Å². The third-order valence-corrected chi connectivity index (χ3v) is 6.68. The highest BCUT2D eigenvalue weighted by molar-refractivity contribution is 7.12. The van der Waals surface area contributed by atoms with Gasteiger partial charge in [-0.3, -0.25) is 9.59 Å². The molecule has 1 spiro atoms. The smallest absolute Gasteiger partial charge is 0.264 e. The summed E-state index contributed by atoms with van der Waals surface area (Å²) in [7, 11) is 0. The molecule has 2 amide bonds. The van der Waals surface area contributed by atoms with Crippen LogP contribution in [0, 0.1) is 6.92 Å². The second-order valence-electron chi connectivity index (χ2n) is 7.28. The van der Waals surface area contributed by atoms with Gasteiger partial charge in [0.25, 0.3) is 5.91 Å². The van der Waals surface area contributed by atoms with E-state index < -0.39 is 0 Å². The molecule has 5 nitrogen and oxygen atoms in total. The van der Waals surface area contributed by atoms with Crippen molar-refractivity contribution in [3.05, 3.63) is 21.9 Å². The lowest BCUT2D eigenvalue weighted by Crippen LogP contribution is -2.50. The second kappa shape index (κ2) is 6.15. The van der Waals surface area contributed by atoms with Gasteiger partial charge in [0.2, 0.25) is 5.91 Å². The maximum Gasteiger partial charge on any atom is 0.264 e. The Hall–Kier alpha value is -1.40. The molecule has 0 saturated carbocycles. The number of thiophene rings is 1. The number of carbonyl (C=O) groups excluding carboxylic acids is 2. The summed E-state index contributed by atoms with van der Waals surface area (Å²) in [5.41, 5.74) is 0.795. The molecule has 3 saturated heterocycles. The first-order chi connectivity index (χ1) is 11.6. The van der Waals surface area contributed by atoms with Crippen molar-refractivity contribution in [3.63, 3.8) is 0 Å². The molecule has 4 rings (SSSR count). The molecule has 4 heterocycles. The van der Waals surface area contributed by atoms with E-state index in [0.717, 1.165) is 49.2 Å². The first kappa shape index (κ1) is 16.1. The third kappa shape index (κ3) is 2.75. The Kier molecular flexibility index (Phi) is 4.12. The lowest BCUT2D eigenvalue weighted by Gasteiger charge is -2.41. The third-order valence-electron chi connectivity index (χ3n) is 5.68. The Morgan fingerprint density at radius 1 is 1.42 bits per heavy atom. The van der Waals surface area contributed by atoms with Gasteiger partial charge in [0.15, 0.2) is 0 Å². The maximum absolute atomic E-state index is 12.8. The van der Waals surface area contributed by atoms with Crippen LogP contribution in [0.25, 0.3) is 0 Å². The number of aryl methyl sites for hydroxylation is 1. The van der Waals surface area contributed by atoms with Gasteiger partial charge in [-0.25, -0.2) is 0 Å². The van der Waals surface area contributed by atoms with Crippen LogP contribution in [0.1, 0.15) is 47.3 Å². The Morgan fingerprint density at radius 2 is 2.29 bits per heavy atom. The van der Waals surface area contributed by atoms with Crippen LogP contribution in [0.2, 0.25) is 0 Å². The normalized spacial score (nSPS) is 30.5. The van der Waals surface area contributed by atoms with Gasteiger partial charge in [0.05, 0.1) is 17.0 Å². The summed E-state index contributed by atoms with van der Waals surface area (Å²) < 4.78 is 6.15. The highest BCUT2D eigenvalue weighted by Crippen LogP contribution is 2.38. The number of likely N-dealkylation sites (tertiary alicyclic amines) is 2. The molecule has 0 N–H and O–H groups in total. The molecule has 0 bridgehead atoms. The van der Waals surface area contributed by atoms with Gasteiger partial charge in [-0.05, 0) is 49.6 Å². The average Bonchev–Trinajstić information content (AvgIpc) is 3.28. The average molecular weight is 348 g/mol. The summed E-state index contributed by atoms with van der Waals surface area (Å²) in [6.45, 7) is 4.96. The van der Waals surface area contributed by atoms with Crippen LogP contribution in [0.3, 0.4) is 0 Å². The first-order valence-corrected chi connectivity index (χ1v) is 9.73. The number of amides is 2. The van der Waals surface area contributed by atoms with Crippen LogP contribution in [0.15, 0.2) is 11.4 Å². The number of ether oxygens (including phenoxy) is 1. The number of carbonyl (C=O) groups is 2. The van der Waals surface area contributed by atoms with Crippen LogP contribution in [0.4, 0.5) is 0 Å². The van der Waals surface area contributed by atoms with Gasteiger partial charge >= 0.3 is 0 Å². The summed E-state index contributed by atoms with van der Waals surface area (Å²) in [5, 5.41) is 1.97. The molecule has 0 aliphatic carbocycles. The molecule has 1 aromatic heterocycles. The van der Waals surface area contributed by atoms with Crippen molar-refractivity contribution in [2.75, 3.05) is 26.2 Å². The SMILES string of the molecule is Cc1ccsc1C(=O)N1CC[C@@]2(C[C@H](N3CCCC3=O)CCO2)C1. The minimum atomic E-state index is -0.257. The van der Waals surface area contributed by atoms with Crippen LogP contribution >= 0.6 is 11.3 Å². The Labute approximate surface area is 146 Å². The van der Waals surface area contributed by atoms with E-state index in [4.69, 9.17) is 4.74 Å². The van der Waals surface area contributed by atoms with Gasteiger partial charge in [-0.15, -0.1) is 11.3 Å². The van der Waals surface area contributed by atoms with Crippen molar-refractivity contribution >= 4 is 23.2 Å². The zero-order valence-electron chi connectivity index (χ0n) is 14.1. The maximum atomic E-state index is 12.8. The first-order valence-electron chi connectivity index (χ1n) is 8.85. The van der Waals surface area contributed by atoms with Crippen molar-refractivity contribution in [1.29, 1.82) is 0 Å². The van der Waals surface area contributed by atoms with E-state index in [1.54, 1.807) is 0 Å². The zero-order chi connectivity index (χ0) is 16.7. The van der Waals surface area contributed by atoms with Gasteiger partial charge in [-0.2, -0.15) is 0 Å². The number of nitrogens with zero attached hydrogens (tertiary/aromatic N) is 2. The van der Waals surface area contributed by atoms with Crippen molar-refractivity contribution < 1.29 is 14.3 Å². The Morgan fingerprint density at radius 3 is 3.00 bits per heavy atom. The van der Waals surface area contributed by atoms with Crippen molar-refractivity contribution in [3.8, 4) is 0 Å². The summed E-state index contributed by atoms with van der Waals surface area (Å²) in [6, 6.07) is 2.28. The number of hydrogen-bond donors (Lipinski definition) is 0. The summed E-state index contributed by atoms with van der Waals surface area (Å²) >= 11 is 1.52. The molecule has 130 valence electrons. The van der Waals surface area contributed by atoms with E-state index >= 15 is 0 Å². The lowest BCUT2D eigenvalue weighted by molar-refractivity contribution is -0.137. The lowest BCUT2D eigenvalue weighted by atomic mass is 9.89. The fourth-order valence-electron chi connectivity index (χ4n) is 4.36. The summed E-state index contributed by atoms with van der Waals surface area (Å²) in [4.78, 5) is 29.7.